The quantitative estimate of drug-likeness (QED) is 0.527. The van der Waals surface area contributed by atoms with E-state index in [1.807, 2.05) is 19.9 Å². The Kier molecular flexibility index (Phi) is 3.64. The van der Waals surface area contributed by atoms with Crippen molar-refractivity contribution >= 4 is 11.6 Å². The van der Waals surface area contributed by atoms with Gasteiger partial charge in [0.1, 0.15) is 5.38 Å². The maximum Gasteiger partial charge on any atom is 0.123 e. The van der Waals surface area contributed by atoms with E-state index < -0.39 is 0 Å². The number of nitriles is 1. The van der Waals surface area contributed by atoms with Gasteiger partial charge in [-0.3, -0.25) is 0 Å². The summed E-state index contributed by atoms with van der Waals surface area (Å²) < 4.78 is 0. The molecule has 0 aliphatic rings. The van der Waals surface area contributed by atoms with E-state index in [1.54, 1.807) is 0 Å². The number of hydrogen-bond donors (Lipinski definition) is 0. The van der Waals surface area contributed by atoms with E-state index in [-0.39, 0.29) is 5.38 Å². The summed E-state index contributed by atoms with van der Waals surface area (Å²) in [5.74, 6) is 0.321. The maximum absolute atomic E-state index is 8.25. The minimum atomic E-state index is -0.306. The minimum absolute atomic E-state index is 0.306. The van der Waals surface area contributed by atoms with Gasteiger partial charge in [0.2, 0.25) is 0 Å². The molecule has 0 heterocycles. The Balaban J connectivity index is 3.49. The molecule has 0 amide bonds. The highest BCUT2D eigenvalue weighted by molar-refractivity contribution is 6.22. The Hall–Kier alpha value is -0.220. The third-order valence-electron chi connectivity index (χ3n) is 1.27. The lowest BCUT2D eigenvalue weighted by molar-refractivity contribution is 0.584. The van der Waals surface area contributed by atoms with Gasteiger partial charge < -0.3 is 0 Å². The van der Waals surface area contributed by atoms with E-state index in [9.17, 15) is 0 Å². The van der Waals surface area contributed by atoms with Gasteiger partial charge in [0.15, 0.2) is 0 Å². The third kappa shape index (κ3) is 2.18. The smallest absolute Gasteiger partial charge is 0.123 e. The molecule has 0 aliphatic heterocycles. The zero-order valence-corrected chi connectivity index (χ0v) is 5.94. The molecule has 1 nitrogen and oxygen atoms in total. The number of halogens is 1. The van der Waals surface area contributed by atoms with Crippen molar-refractivity contribution in [2.24, 2.45) is 5.92 Å². The lowest BCUT2D eigenvalue weighted by Gasteiger charge is -2.05. The number of alkyl halides is 1. The number of nitrogens with zero attached hydrogens (tertiary/aromatic N) is 1. The first-order chi connectivity index (χ1) is 3.72. The molecular weight excluding hydrogens is 122 g/mol. The molecule has 0 aromatic heterocycles. The van der Waals surface area contributed by atoms with Gasteiger partial charge in [0.05, 0.1) is 6.07 Å². The van der Waals surface area contributed by atoms with Crippen LogP contribution < -0.4 is 0 Å². The molecule has 0 bridgehead atoms. The molecule has 0 saturated heterocycles. The summed E-state index contributed by atoms with van der Waals surface area (Å²) in [5, 5.41) is 7.95. The molecule has 0 aromatic rings. The van der Waals surface area contributed by atoms with Crippen LogP contribution in [-0.4, -0.2) is 5.38 Å². The summed E-state index contributed by atoms with van der Waals surface area (Å²) in [6.45, 7) is 4.00. The van der Waals surface area contributed by atoms with E-state index >= 15 is 0 Å². The average Bonchev–Trinajstić information content (AvgIpc) is 1.84. The summed E-state index contributed by atoms with van der Waals surface area (Å²) in [5.41, 5.74) is 0. The Bertz CT molecular complexity index is 95.2. The highest BCUT2D eigenvalue weighted by atomic mass is 35.5. The molecule has 0 N–H and O–H groups in total. The van der Waals surface area contributed by atoms with Crippen molar-refractivity contribution in [1.29, 1.82) is 5.26 Å². The standard InChI is InChI=1S/C6H10ClN/c1-3-5(2)6(7)4-8/h5-6H,3H2,1-2H3. The third-order valence-corrected chi connectivity index (χ3v) is 1.79. The summed E-state index contributed by atoms with van der Waals surface area (Å²) in [4.78, 5) is 0. The molecule has 0 spiro atoms. The van der Waals surface area contributed by atoms with E-state index in [4.69, 9.17) is 16.9 Å². The van der Waals surface area contributed by atoms with Crippen molar-refractivity contribution in [3.63, 3.8) is 0 Å². The number of rotatable bonds is 2. The Morgan fingerprint density at radius 3 is 2.38 bits per heavy atom. The van der Waals surface area contributed by atoms with Gasteiger partial charge in [0.25, 0.3) is 0 Å². The molecular formula is C6H10ClN. The molecule has 0 radical (unpaired) electrons. The van der Waals surface area contributed by atoms with Crippen LogP contribution in [0.2, 0.25) is 0 Å². The first-order valence-corrected chi connectivity index (χ1v) is 3.19. The van der Waals surface area contributed by atoms with Crippen molar-refractivity contribution in [1.82, 2.24) is 0 Å². The van der Waals surface area contributed by atoms with E-state index in [0.717, 1.165) is 6.42 Å². The lowest BCUT2D eigenvalue weighted by Crippen LogP contribution is -2.06. The second kappa shape index (κ2) is 3.74. The van der Waals surface area contributed by atoms with Gasteiger partial charge >= 0.3 is 0 Å². The molecule has 8 heavy (non-hydrogen) atoms. The van der Waals surface area contributed by atoms with Gasteiger partial charge in [0, 0.05) is 0 Å². The molecule has 0 fully saturated rings. The fraction of sp³-hybridized carbons (Fsp3) is 0.833. The lowest BCUT2D eigenvalue weighted by atomic mass is 10.1. The molecule has 0 aromatic carbocycles. The first-order valence-electron chi connectivity index (χ1n) is 2.76. The van der Waals surface area contributed by atoms with Crippen molar-refractivity contribution in [2.75, 3.05) is 0 Å². The SMILES string of the molecule is CCC(C)C(Cl)C#N. The van der Waals surface area contributed by atoms with Crippen molar-refractivity contribution < 1.29 is 0 Å². The van der Waals surface area contributed by atoms with Gasteiger partial charge in [-0.05, 0) is 5.92 Å². The van der Waals surface area contributed by atoms with Gasteiger partial charge in [-0.15, -0.1) is 11.6 Å². The van der Waals surface area contributed by atoms with Crippen LogP contribution in [0.1, 0.15) is 20.3 Å². The summed E-state index contributed by atoms with van der Waals surface area (Å²) in [7, 11) is 0. The van der Waals surface area contributed by atoms with Crippen LogP contribution in [-0.2, 0) is 0 Å². The van der Waals surface area contributed by atoms with Crippen LogP contribution in [0.25, 0.3) is 0 Å². The molecule has 0 saturated carbocycles. The second-order valence-electron chi connectivity index (χ2n) is 1.92. The second-order valence-corrected chi connectivity index (χ2v) is 2.39. The minimum Gasteiger partial charge on any atom is -0.197 e. The monoisotopic (exact) mass is 131 g/mol. The van der Waals surface area contributed by atoms with Gasteiger partial charge in [-0.2, -0.15) is 5.26 Å². The van der Waals surface area contributed by atoms with Crippen LogP contribution in [0, 0.1) is 17.2 Å². The van der Waals surface area contributed by atoms with Crippen LogP contribution in [0.15, 0.2) is 0 Å². The number of hydrogen-bond acceptors (Lipinski definition) is 1. The Morgan fingerprint density at radius 1 is 1.75 bits per heavy atom. The van der Waals surface area contributed by atoms with Crippen LogP contribution >= 0.6 is 11.6 Å². The predicted molar refractivity (Wildman–Crippen MR) is 34.7 cm³/mol. The molecule has 46 valence electrons. The fourth-order valence-electron chi connectivity index (χ4n) is 0.334. The van der Waals surface area contributed by atoms with E-state index in [1.165, 1.54) is 0 Å². The molecule has 2 atom stereocenters. The molecule has 2 heteroatoms. The average molecular weight is 132 g/mol. The molecule has 2 unspecified atom stereocenters. The van der Waals surface area contributed by atoms with E-state index in [0.29, 0.717) is 5.92 Å². The zero-order chi connectivity index (χ0) is 6.57. The Labute approximate surface area is 55.3 Å². The molecule has 0 aliphatic carbocycles. The highest BCUT2D eigenvalue weighted by Crippen LogP contribution is 2.11. The largest absolute Gasteiger partial charge is 0.197 e. The van der Waals surface area contributed by atoms with Crippen molar-refractivity contribution in [3.8, 4) is 6.07 Å². The van der Waals surface area contributed by atoms with E-state index in [2.05, 4.69) is 0 Å². The summed E-state index contributed by atoms with van der Waals surface area (Å²) >= 11 is 5.55. The van der Waals surface area contributed by atoms with Crippen LogP contribution in [0.4, 0.5) is 0 Å². The molecule has 0 rings (SSSR count). The maximum atomic E-state index is 8.25. The van der Waals surface area contributed by atoms with Gasteiger partial charge in [-0.25, -0.2) is 0 Å². The Morgan fingerprint density at radius 2 is 2.25 bits per heavy atom. The van der Waals surface area contributed by atoms with Crippen LogP contribution in [0.3, 0.4) is 0 Å². The zero-order valence-electron chi connectivity index (χ0n) is 5.19. The predicted octanol–water partition coefficient (Wildman–Crippen LogP) is 2.16. The van der Waals surface area contributed by atoms with Crippen molar-refractivity contribution in [2.45, 2.75) is 25.6 Å². The first kappa shape index (κ1) is 7.78. The topological polar surface area (TPSA) is 23.8 Å². The highest BCUT2D eigenvalue weighted by Gasteiger charge is 2.09. The van der Waals surface area contributed by atoms with Crippen LogP contribution in [0.5, 0.6) is 0 Å². The van der Waals surface area contributed by atoms with Crippen molar-refractivity contribution in [3.05, 3.63) is 0 Å². The summed E-state index contributed by atoms with van der Waals surface area (Å²) in [6, 6.07) is 1.98. The van der Waals surface area contributed by atoms with Gasteiger partial charge in [-0.1, -0.05) is 20.3 Å². The summed E-state index contributed by atoms with van der Waals surface area (Å²) in [6.07, 6.45) is 0.974. The fourth-order valence-corrected chi connectivity index (χ4v) is 0.512. The normalized spacial score (nSPS) is 16.8.